The molecule has 0 saturated heterocycles. The summed E-state index contributed by atoms with van der Waals surface area (Å²) in [7, 11) is 0. The second-order valence-corrected chi connectivity index (χ2v) is 5.76. The maximum atomic E-state index is 10.8. The van der Waals surface area contributed by atoms with Crippen molar-refractivity contribution in [1.29, 1.82) is 0 Å². The minimum absolute atomic E-state index is 0.429. The van der Waals surface area contributed by atoms with E-state index in [1.807, 2.05) is 31.2 Å². The Morgan fingerprint density at radius 3 is 2.41 bits per heavy atom. The average molecular weight is 262 g/mol. The number of aryl methyl sites for hydroxylation is 1. The van der Waals surface area contributed by atoms with Gasteiger partial charge in [0.15, 0.2) is 11.1 Å². The van der Waals surface area contributed by atoms with Crippen molar-refractivity contribution in [3.63, 3.8) is 0 Å². The lowest BCUT2D eigenvalue weighted by Crippen LogP contribution is -1.79. The van der Waals surface area contributed by atoms with Gasteiger partial charge in [-0.3, -0.25) is 0 Å². The first-order chi connectivity index (χ1) is 8.15. The molecule has 1 aromatic heterocycles. The van der Waals surface area contributed by atoms with Crippen molar-refractivity contribution in [2.24, 2.45) is 0 Å². The van der Waals surface area contributed by atoms with Gasteiger partial charge in [0.25, 0.3) is 0 Å². The molecule has 1 heterocycles. The van der Waals surface area contributed by atoms with Gasteiger partial charge >= 0.3 is 0 Å². The molecule has 2 aromatic rings. The first-order valence-electron chi connectivity index (χ1n) is 4.94. The zero-order chi connectivity index (χ0) is 12.3. The van der Waals surface area contributed by atoms with Gasteiger partial charge in [-0.05, 0) is 31.2 Å². The van der Waals surface area contributed by atoms with E-state index in [9.17, 15) is 4.21 Å². The van der Waals surface area contributed by atoms with Crippen molar-refractivity contribution in [2.45, 2.75) is 11.1 Å². The molecule has 1 N–H and O–H groups in total. The van der Waals surface area contributed by atoms with Crippen LogP contribution in [0.1, 0.15) is 16.0 Å². The van der Waals surface area contributed by atoms with Gasteiger partial charge in [-0.1, -0.05) is 29.5 Å². The Bertz CT molecular complexity index is 600. The van der Waals surface area contributed by atoms with E-state index in [1.165, 1.54) is 16.9 Å². The Kier molecular flexibility index (Phi) is 3.75. The average Bonchev–Trinajstić information content (AvgIpc) is 2.77. The Morgan fingerprint density at radius 1 is 1.12 bits per heavy atom. The largest absolute Gasteiger partial charge is 0.302 e. The van der Waals surface area contributed by atoms with Gasteiger partial charge in [0.2, 0.25) is 0 Å². The molecule has 86 valence electrons. The van der Waals surface area contributed by atoms with Crippen LogP contribution in [0.2, 0.25) is 0 Å². The standard InChI is InChI=1S/C13H10O2S2/c1-10-2-4-11(5-3-10)6-7-12-8-9-13(16-12)17(14)15/h2-5,8-9H,1H3,(H,14,15). The van der Waals surface area contributed by atoms with Crippen LogP contribution >= 0.6 is 11.3 Å². The van der Waals surface area contributed by atoms with Crippen molar-refractivity contribution in [1.82, 2.24) is 0 Å². The summed E-state index contributed by atoms with van der Waals surface area (Å²) >= 11 is -0.669. The summed E-state index contributed by atoms with van der Waals surface area (Å²) in [5.74, 6) is 6.00. The first-order valence-corrected chi connectivity index (χ1v) is 6.87. The van der Waals surface area contributed by atoms with E-state index in [0.717, 1.165) is 10.4 Å². The summed E-state index contributed by atoms with van der Waals surface area (Å²) in [6, 6.07) is 11.3. The highest BCUT2D eigenvalue weighted by molar-refractivity contribution is 7.81. The molecule has 0 aliphatic rings. The van der Waals surface area contributed by atoms with E-state index in [2.05, 4.69) is 11.8 Å². The molecule has 0 bridgehead atoms. The topological polar surface area (TPSA) is 37.3 Å². The lowest BCUT2D eigenvalue weighted by atomic mass is 10.1. The Balaban J connectivity index is 2.20. The molecule has 1 aromatic carbocycles. The van der Waals surface area contributed by atoms with Gasteiger partial charge < -0.3 is 4.55 Å². The van der Waals surface area contributed by atoms with Gasteiger partial charge in [-0.15, -0.1) is 11.3 Å². The smallest absolute Gasteiger partial charge is 0.196 e. The van der Waals surface area contributed by atoms with Crippen LogP contribution in [0.25, 0.3) is 0 Å². The molecule has 2 nitrogen and oxygen atoms in total. The maximum Gasteiger partial charge on any atom is 0.196 e. The molecular formula is C13H10O2S2. The summed E-state index contributed by atoms with van der Waals surface area (Å²) in [6.07, 6.45) is 0. The monoisotopic (exact) mass is 262 g/mol. The third-order valence-corrected chi connectivity index (χ3v) is 4.09. The highest BCUT2D eigenvalue weighted by Crippen LogP contribution is 2.18. The molecule has 0 saturated carbocycles. The van der Waals surface area contributed by atoms with Crippen molar-refractivity contribution in [3.8, 4) is 11.8 Å². The van der Waals surface area contributed by atoms with Crippen LogP contribution in [0.3, 0.4) is 0 Å². The molecule has 17 heavy (non-hydrogen) atoms. The predicted molar refractivity (Wildman–Crippen MR) is 70.5 cm³/mol. The highest BCUT2D eigenvalue weighted by atomic mass is 32.2. The third-order valence-electron chi connectivity index (χ3n) is 2.14. The van der Waals surface area contributed by atoms with Crippen LogP contribution in [0.4, 0.5) is 0 Å². The zero-order valence-corrected chi connectivity index (χ0v) is 10.8. The Hall–Kier alpha value is -1.41. The third kappa shape index (κ3) is 3.27. The van der Waals surface area contributed by atoms with E-state index in [0.29, 0.717) is 4.21 Å². The molecule has 0 radical (unpaired) electrons. The van der Waals surface area contributed by atoms with E-state index in [4.69, 9.17) is 4.55 Å². The lowest BCUT2D eigenvalue weighted by molar-refractivity contribution is 0.566. The van der Waals surface area contributed by atoms with Crippen LogP contribution in [0, 0.1) is 18.8 Å². The molecule has 0 aliphatic heterocycles. The van der Waals surface area contributed by atoms with Gasteiger partial charge in [0.05, 0.1) is 4.88 Å². The van der Waals surface area contributed by atoms with E-state index < -0.39 is 11.1 Å². The molecule has 0 spiro atoms. The number of thiophene rings is 1. The SMILES string of the molecule is Cc1ccc(C#Cc2ccc(S(=O)O)s2)cc1. The molecule has 1 unspecified atom stereocenters. The number of hydrogen-bond donors (Lipinski definition) is 1. The second kappa shape index (κ2) is 5.28. The summed E-state index contributed by atoms with van der Waals surface area (Å²) in [5, 5.41) is 0. The lowest BCUT2D eigenvalue weighted by Gasteiger charge is -1.90. The molecule has 0 fully saturated rings. The van der Waals surface area contributed by atoms with Crippen molar-refractivity contribution < 1.29 is 8.76 Å². The van der Waals surface area contributed by atoms with Crippen LogP contribution in [-0.4, -0.2) is 8.76 Å². The van der Waals surface area contributed by atoms with Crippen LogP contribution < -0.4 is 0 Å². The predicted octanol–water partition coefficient (Wildman–Crippen LogP) is 3.04. The fraction of sp³-hybridized carbons (Fsp3) is 0.0769. The van der Waals surface area contributed by atoms with E-state index in [1.54, 1.807) is 12.1 Å². The quantitative estimate of drug-likeness (QED) is 0.633. The second-order valence-electron chi connectivity index (χ2n) is 3.48. The summed E-state index contributed by atoms with van der Waals surface area (Å²) in [6.45, 7) is 2.03. The number of rotatable bonds is 1. The zero-order valence-electron chi connectivity index (χ0n) is 9.14. The van der Waals surface area contributed by atoms with Crippen LogP contribution in [0.15, 0.2) is 40.6 Å². The normalized spacial score (nSPS) is 11.6. The van der Waals surface area contributed by atoms with E-state index >= 15 is 0 Å². The summed E-state index contributed by atoms with van der Waals surface area (Å²) in [5.41, 5.74) is 2.14. The molecule has 0 amide bonds. The molecule has 1 atom stereocenters. The molecule has 4 heteroatoms. The molecule has 0 aliphatic carbocycles. The van der Waals surface area contributed by atoms with Crippen molar-refractivity contribution in [2.75, 3.05) is 0 Å². The van der Waals surface area contributed by atoms with E-state index in [-0.39, 0.29) is 0 Å². The first kappa shape index (κ1) is 12.1. The fourth-order valence-corrected chi connectivity index (χ4v) is 2.58. The summed E-state index contributed by atoms with van der Waals surface area (Å²) < 4.78 is 20.1. The Labute approximate surface area is 107 Å². The summed E-state index contributed by atoms with van der Waals surface area (Å²) in [4.78, 5) is 0.794. The minimum Gasteiger partial charge on any atom is -0.302 e. The molecular weight excluding hydrogens is 252 g/mol. The molecule has 2 rings (SSSR count). The Morgan fingerprint density at radius 2 is 1.82 bits per heavy atom. The number of benzene rings is 1. The number of hydrogen-bond acceptors (Lipinski definition) is 2. The van der Waals surface area contributed by atoms with Crippen molar-refractivity contribution in [3.05, 3.63) is 52.4 Å². The van der Waals surface area contributed by atoms with Gasteiger partial charge in [-0.2, -0.15) is 0 Å². The van der Waals surface area contributed by atoms with Crippen LogP contribution in [0.5, 0.6) is 0 Å². The maximum absolute atomic E-state index is 10.8. The van der Waals surface area contributed by atoms with Crippen molar-refractivity contribution >= 4 is 22.4 Å². The van der Waals surface area contributed by atoms with Gasteiger partial charge in [0.1, 0.15) is 4.21 Å². The minimum atomic E-state index is -1.91. The highest BCUT2D eigenvalue weighted by Gasteiger charge is 2.02. The van der Waals surface area contributed by atoms with Gasteiger partial charge in [-0.25, -0.2) is 4.21 Å². The van der Waals surface area contributed by atoms with Gasteiger partial charge in [0, 0.05) is 5.56 Å². The fourth-order valence-electron chi connectivity index (χ4n) is 1.25. The van der Waals surface area contributed by atoms with Crippen LogP contribution in [-0.2, 0) is 11.1 Å².